The molecular weight excluding hydrogens is 252 g/mol. The van der Waals surface area contributed by atoms with Crippen LogP contribution in [0.2, 0.25) is 0 Å². The Morgan fingerprint density at radius 3 is 2.75 bits per heavy atom. The van der Waals surface area contributed by atoms with E-state index in [4.69, 9.17) is 0 Å². The van der Waals surface area contributed by atoms with Crippen LogP contribution >= 0.6 is 0 Å². The SMILES string of the molecule is Cc1ccc(C(=O)N2CCC[C@H]3CCCC[C@@H]32)c(=O)[nH]1. The highest BCUT2D eigenvalue weighted by molar-refractivity contribution is 5.94. The topological polar surface area (TPSA) is 53.2 Å². The molecule has 20 heavy (non-hydrogen) atoms. The van der Waals surface area contributed by atoms with Gasteiger partial charge in [-0.15, -0.1) is 0 Å². The fourth-order valence-electron chi connectivity index (χ4n) is 3.77. The van der Waals surface area contributed by atoms with Crippen LogP contribution in [-0.4, -0.2) is 28.4 Å². The summed E-state index contributed by atoms with van der Waals surface area (Å²) in [5, 5.41) is 0. The van der Waals surface area contributed by atoms with Crippen LogP contribution in [0.15, 0.2) is 16.9 Å². The van der Waals surface area contributed by atoms with Gasteiger partial charge in [-0.2, -0.15) is 0 Å². The van der Waals surface area contributed by atoms with Crippen LogP contribution in [0.1, 0.15) is 54.6 Å². The van der Waals surface area contributed by atoms with Gasteiger partial charge in [-0.05, 0) is 50.7 Å². The van der Waals surface area contributed by atoms with E-state index < -0.39 is 0 Å². The van der Waals surface area contributed by atoms with Gasteiger partial charge in [-0.25, -0.2) is 0 Å². The number of piperidine rings is 1. The molecule has 0 bridgehead atoms. The number of H-pyrrole nitrogens is 1. The Morgan fingerprint density at radius 1 is 1.20 bits per heavy atom. The normalized spacial score (nSPS) is 26.1. The molecule has 4 heteroatoms. The zero-order valence-electron chi connectivity index (χ0n) is 12.0. The number of hydrogen-bond donors (Lipinski definition) is 1. The van der Waals surface area contributed by atoms with Crippen molar-refractivity contribution in [2.24, 2.45) is 5.92 Å². The number of aromatic nitrogens is 1. The first-order valence-electron chi connectivity index (χ1n) is 7.68. The molecule has 1 aromatic heterocycles. The summed E-state index contributed by atoms with van der Waals surface area (Å²) in [6.45, 7) is 2.63. The number of rotatable bonds is 1. The molecule has 2 atom stereocenters. The fourth-order valence-corrected chi connectivity index (χ4v) is 3.77. The Labute approximate surface area is 119 Å². The van der Waals surface area contributed by atoms with Crippen molar-refractivity contribution in [3.8, 4) is 0 Å². The highest BCUT2D eigenvalue weighted by atomic mass is 16.2. The lowest BCUT2D eigenvalue weighted by Crippen LogP contribution is -2.50. The summed E-state index contributed by atoms with van der Waals surface area (Å²) in [5.41, 5.74) is 0.829. The van der Waals surface area contributed by atoms with E-state index >= 15 is 0 Å². The smallest absolute Gasteiger partial charge is 0.260 e. The summed E-state index contributed by atoms with van der Waals surface area (Å²) < 4.78 is 0. The standard InChI is InChI=1S/C16H22N2O2/c1-11-8-9-13(15(19)17-11)16(20)18-10-4-6-12-5-2-3-7-14(12)18/h8-9,12,14H,2-7,10H2,1H3,(H,17,19)/t12-,14+/m1/s1. The number of nitrogens with zero attached hydrogens (tertiary/aromatic N) is 1. The van der Waals surface area contributed by atoms with Gasteiger partial charge in [0.2, 0.25) is 0 Å². The average Bonchev–Trinajstić information content (AvgIpc) is 2.46. The average molecular weight is 274 g/mol. The molecule has 1 aromatic rings. The van der Waals surface area contributed by atoms with Gasteiger partial charge in [0, 0.05) is 18.3 Å². The molecule has 1 N–H and O–H groups in total. The molecule has 1 amide bonds. The van der Waals surface area contributed by atoms with Crippen LogP contribution in [0.5, 0.6) is 0 Å². The van der Waals surface area contributed by atoms with Crippen LogP contribution in [0, 0.1) is 12.8 Å². The minimum Gasteiger partial charge on any atom is -0.335 e. The Kier molecular flexibility index (Phi) is 3.64. The van der Waals surface area contributed by atoms with Crippen molar-refractivity contribution in [3.05, 3.63) is 33.7 Å². The van der Waals surface area contributed by atoms with Gasteiger partial charge >= 0.3 is 0 Å². The van der Waals surface area contributed by atoms with Gasteiger partial charge in [-0.3, -0.25) is 9.59 Å². The minimum absolute atomic E-state index is 0.0807. The molecule has 3 rings (SSSR count). The van der Waals surface area contributed by atoms with Crippen molar-refractivity contribution in [1.29, 1.82) is 0 Å². The third kappa shape index (κ3) is 2.39. The van der Waals surface area contributed by atoms with Crippen molar-refractivity contribution in [1.82, 2.24) is 9.88 Å². The molecule has 0 radical (unpaired) electrons. The number of fused-ring (bicyclic) bond motifs is 1. The Morgan fingerprint density at radius 2 is 1.95 bits per heavy atom. The van der Waals surface area contributed by atoms with Crippen molar-refractivity contribution >= 4 is 5.91 Å². The second-order valence-electron chi connectivity index (χ2n) is 6.14. The number of aryl methyl sites for hydroxylation is 1. The summed E-state index contributed by atoms with van der Waals surface area (Å²) >= 11 is 0. The number of carbonyl (C=O) groups is 1. The number of aromatic amines is 1. The Bertz CT molecular complexity index is 562. The minimum atomic E-state index is -0.257. The molecule has 1 saturated heterocycles. The second-order valence-corrected chi connectivity index (χ2v) is 6.14. The maximum absolute atomic E-state index is 12.7. The summed E-state index contributed by atoms with van der Waals surface area (Å²) in [4.78, 5) is 29.4. The number of carbonyl (C=O) groups excluding carboxylic acids is 1. The van der Waals surface area contributed by atoms with Crippen LogP contribution < -0.4 is 5.56 Å². The van der Waals surface area contributed by atoms with Crippen LogP contribution in [-0.2, 0) is 0 Å². The molecule has 1 aliphatic heterocycles. The summed E-state index contributed by atoms with van der Waals surface area (Å²) in [7, 11) is 0. The predicted octanol–water partition coefficient (Wildman–Crippen LogP) is 2.48. The summed E-state index contributed by atoms with van der Waals surface area (Å²) in [5.74, 6) is 0.564. The second kappa shape index (κ2) is 5.43. The number of hydrogen-bond acceptors (Lipinski definition) is 2. The van der Waals surface area contributed by atoms with Crippen molar-refractivity contribution in [2.45, 2.75) is 51.5 Å². The highest BCUT2D eigenvalue weighted by Gasteiger charge is 2.36. The van der Waals surface area contributed by atoms with E-state index in [-0.39, 0.29) is 11.5 Å². The maximum Gasteiger partial charge on any atom is 0.260 e. The van der Waals surface area contributed by atoms with Gasteiger partial charge in [-0.1, -0.05) is 12.8 Å². The first kappa shape index (κ1) is 13.4. The molecular formula is C16H22N2O2. The number of amides is 1. The van der Waals surface area contributed by atoms with Crippen LogP contribution in [0.25, 0.3) is 0 Å². The predicted molar refractivity (Wildman–Crippen MR) is 77.8 cm³/mol. The molecule has 1 aliphatic carbocycles. The first-order valence-corrected chi connectivity index (χ1v) is 7.68. The van der Waals surface area contributed by atoms with Crippen LogP contribution in [0.3, 0.4) is 0 Å². The highest BCUT2D eigenvalue weighted by Crippen LogP contribution is 2.35. The van der Waals surface area contributed by atoms with E-state index in [1.54, 1.807) is 12.1 Å². The Hall–Kier alpha value is -1.58. The third-order valence-electron chi connectivity index (χ3n) is 4.79. The molecule has 2 fully saturated rings. The lowest BCUT2D eigenvalue weighted by atomic mass is 9.78. The van der Waals surface area contributed by atoms with E-state index in [2.05, 4.69) is 4.98 Å². The molecule has 0 unspecified atom stereocenters. The number of likely N-dealkylation sites (tertiary alicyclic amines) is 1. The van der Waals surface area contributed by atoms with Crippen molar-refractivity contribution in [3.63, 3.8) is 0 Å². The number of nitrogens with one attached hydrogen (secondary N) is 1. The molecule has 2 aliphatic rings. The van der Waals surface area contributed by atoms with Gasteiger partial charge in [0.25, 0.3) is 11.5 Å². The summed E-state index contributed by atoms with van der Waals surface area (Å²) in [6, 6.07) is 3.82. The molecule has 1 saturated carbocycles. The number of pyridine rings is 1. The lowest BCUT2D eigenvalue weighted by Gasteiger charge is -2.44. The van der Waals surface area contributed by atoms with E-state index in [9.17, 15) is 9.59 Å². The molecule has 2 heterocycles. The molecule has 0 spiro atoms. The van der Waals surface area contributed by atoms with Gasteiger partial charge < -0.3 is 9.88 Å². The van der Waals surface area contributed by atoms with E-state index in [0.717, 1.165) is 25.1 Å². The summed E-state index contributed by atoms with van der Waals surface area (Å²) in [6.07, 6.45) is 7.12. The van der Waals surface area contributed by atoms with E-state index in [0.29, 0.717) is 17.5 Å². The van der Waals surface area contributed by atoms with Crippen LogP contribution in [0.4, 0.5) is 0 Å². The maximum atomic E-state index is 12.7. The van der Waals surface area contributed by atoms with Gasteiger partial charge in [0.1, 0.15) is 5.56 Å². The van der Waals surface area contributed by atoms with Crippen molar-refractivity contribution in [2.75, 3.05) is 6.54 Å². The molecule has 108 valence electrons. The van der Waals surface area contributed by atoms with E-state index in [1.807, 2.05) is 11.8 Å². The monoisotopic (exact) mass is 274 g/mol. The van der Waals surface area contributed by atoms with E-state index in [1.165, 1.54) is 25.7 Å². The first-order chi connectivity index (χ1) is 9.66. The van der Waals surface area contributed by atoms with Gasteiger partial charge in [0.05, 0.1) is 0 Å². The molecule has 4 nitrogen and oxygen atoms in total. The largest absolute Gasteiger partial charge is 0.335 e. The molecule has 0 aromatic carbocycles. The zero-order valence-corrected chi connectivity index (χ0v) is 12.0. The van der Waals surface area contributed by atoms with Crippen molar-refractivity contribution < 1.29 is 4.79 Å². The third-order valence-corrected chi connectivity index (χ3v) is 4.79. The fraction of sp³-hybridized carbons (Fsp3) is 0.625. The Balaban J connectivity index is 1.87. The zero-order chi connectivity index (χ0) is 14.1. The quantitative estimate of drug-likeness (QED) is 0.855. The van der Waals surface area contributed by atoms with Gasteiger partial charge in [0.15, 0.2) is 0 Å². The lowest BCUT2D eigenvalue weighted by molar-refractivity contribution is 0.0389.